The van der Waals surface area contributed by atoms with Crippen LogP contribution in [0.4, 0.5) is 5.69 Å². The van der Waals surface area contributed by atoms with Crippen LogP contribution < -0.4 is 15.4 Å². The molecule has 1 aliphatic heterocycles. The lowest BCUT2D eigenvalue weighted by Crippen LogP contribution is -2.33. The highest BCUT2D eigenvalue weighted by molar-refractivity contribution is 6.00. The number of fused-ring (bicyclic) bond motifs is 3. The molecule has 0 saturated heterocycles. The number of methoxy groups -OCH3 is 1. The van der Waals surface area contributed by atoms with E-state index in [4.69, 9.17) is 9.47 Å². The molecule has 1 aliphatic carbocycles. The minimum Gasteiger partial charge on any atom is -0.489 e. The molecule has 174 valence electrons. The number of benzene rings is 3. The van der Waals surface area contributed by atoms with Crippen molar-refractivity contribution in [3.63, 3.8) is 0 Å². The van der Waals surface area contributed by atoms with Crippen LogP contribution in [0.3, 0.4) is 0 Å². The van der Waals surface area contributed by atoms with Gasteiger partial charge < -0.3 is 20.1 Å². The van der Waals surface area contributed by atoms with Crippen LogP contribution in [0.15, 0.2) is 84.9 Å². The number of nitrogens with one attached hydrogen (secondary N) is 2. The Morgan fingerprint density at radius 3 is 2.65 bits per heavy atom. The molecular weight excluding hydrogens is 424 g/mol. The van der Waals surface area contributed by atoms with Crippen LogP contribution in [0.2, 0.25) is 0 Å². The molecule has 3 aromatic carbocycles. The summed E-state index contributed by atoms with van der Waals surface area (Å²) in [6.07, 6.45) is 5.57. The zero-order valence-corrected chi connectivity index (χ0v) is 19.4. The van der Waals surface area contributed by atoms with E-state index in [0.717, 1.165) is 23.4 Å². The second-order valence-corrected chi connectivity index (χ2v) is 8.84. The first-order valence-electron chi connectivity index (χ1n) is 11.8. The van der Waals surface area contributed by atoms with Crippen LogP contribution in [-0.4, -0.2) is 26.2 Å². The van der Waals surface area contributed by atoms with E-state index >= 15 is 0 Å². The third kappa shape index (κ3) is 4.57. The molecule has 0 spiro atoms. The molecule has 5 rings (SSSR count). The highest BCUT2D eigenvalue weighted by Gasteiger charge is 2.39. The van der Waals surface area contributed by atoms with Crippen LogP contribution in [0.5, 0.6) is 5.75 Å². The van der Waals surface area contributed by atoms with Gasteiger partial charge in [-0.2, -0.15) is 0 Å². The Balaban J connectivity index is 1.36. The van der Waals surface area contributed by atoms with Gasteiger partial charge in [0, 0.05) is 19.6 Å². The molecule has 0 fully saturated rings. The quantitative estimate of drug-likeness (QED) is 0.350. The van der Waals surface area contributed by atoms with Gasteiger partial charge in [-0.25, -0.2) is 0 Å². The van der Waals surface area contributed by atoms with Gasteiger partial charge >= 0.3 is 0 Å². The van der Waals surface area contributed by atoms with Crippen molar-refractivity contribution < 1.29 is 14.3 Å². The van der Waals surface area contributed by atoms with Crippen molar-refractivity contribution in [3.05, 3.63) is 107 Å². The molecular formula is C29H30N2O3. The summed E-state index contributed by atoms with van der Waals surface area (Å²) in [5.41, 5.74) is 5.15. The number of para-hydroxylation sites is 1. The van der Waals surface area contributed by atoms with Crippen molar-refractivity contribution in [1.82, 2.24) is 5.32 Å². The molecule has 34 heavy (non-hydrogen) atoms. The Morgan fingerprint density at radius 2 is 1.85 bits per heavy atom. The second kappa shape index (κ2) is 10.1. The summed E-state index contributed by atoms with van der Waals surface area (Å²) in [6.45, 7) is 1.52. The van der Waals surface area contributed by atoms with Crippen LogP contribution in [0, 0.1) is 5.92 Å². The van der Waals surface area contributed by atoms with Gasteiger partial charge in [0.05, 0.1) is 23.9 Å². The van der Waals surface area contributed by atoms with E-state index < -0.39 is 0 Å². The summed E-state index contributed by atoms with van der Waals surface area (Å²) in [4.78, 5) is 12.9. The number of carbonyl (C=O) groups excluding carboxylic acids is 1. The van der Waals surface area contributed by atoms with Crippen LogP contribution in [0.25, 0.3) is 0 Å². The van der Waals surface area contributed by atoms with E-state index in [2.05, 4.69) is 53.1 Å². The first kappa shape index (κ1) is 22.2. The lowest BCUT2D eigenvalue weighted by Gasteiger charge is -2.38. The van der Waals surface area contributed by atoms with Gasteiger partial charge in [-0.3, -0.25) is 4.79 Å². The van der Waals surface area contributed by atoms with Gasteiger partial charge in [0.1, 0.15) is 12.4 Å². The molecule has 5 heteroatoms. The molecule has 2 N–H and O–H groups in total. The SMILES string of the molecule is COCCNC(=O)c1cccc2c1NC(c1ccc(OCc3ccccc3)cc1)C1CC=CC21. The van der Waals surface area contributed by atoms with Crippen LogP contribution in [-0.2, 0) is 11.3 Å². The van der Waals surface area contributed by atoms with Crippen molar-refractivity contribution in [3.8, 4) is 5.75 Å². The number of hydrogen-bond acceptors (Lipinski definition) is 4. The van der Waals surface area contributed by atoms with E-state index in [-0.39, 0.29) is 11.9 Å². The van der Waals surface area contributed by atoms with E-state index in [9.17, 15) is 4.79 Å². The zero-order chi connectivity index (χ0) is 23.3. The Kier molecular flexibility index (Phi) is 6.63. The number of amides is 1. The van der Waals surface area contributed by atoms with Crippen molar-refractivity contribution in [2.45, 2.75) is 25.0 Å². The van der Waals surface area contributed by atoms with Gasteiger partial charge in [0.15, 0.2) is 0 Å². The van der Waals surface area contributed by atoms with Crippen LogP contribution in [0.1, 0.15) is 45.4 Å². The first-order chi connectivity index (χ1) is 16.7. The maximum atomic E-state index is 12.9. The normalized spacial score (nSPS) is 20.2. The van der Waals surface area contributed by atoms with Crippen molar-refractivity contribution in [1.29, 1.82) is 0 Å². The van der Waals surface area contributed by atoms with E-state index in [1.807, 2.05) is 42.5 Å². The Morgan fingerprint density at radius 1 is 1.03 bits per heavy atom. The Hall–Kier alpha value is -3.57. The molecule has 3 unspecified atom stereocenters. The number of hydrogen-bond donors (Lipinski definition) is 2. The maximum Gasteiger partial charge on any atom is 0.253 e. The maximum absolute atomic E-state index is 12.9. The summed E-state index contributed by atoms with van der Waals surface area (Å²) in [7, 11) is 1.63. The van der Waals surface area contributed by atoms with Crippen molar-refractivity contribution in [2.75, 3.05) is 25.6 Å². The summed E-state index contributed by atoms with van der Waals surface area (Å²) in [5, 5.41) is 6.69. The Labute approximate surface area is 200 Å². The van der Waals surface area contributed by atoms with Gasteiger partial charge in [0.2, 0.25) is 0 Å². The fourth-order valence-electron chi connectivity index (χ4n) is 5.01. The number of anilines is 1. The summed E-state index contributed by atoms with van der Waals surface area (Å²) >= 11 is 0. The number of ether oxygens (including phenoxy) is 2. The van der Waals surface area contributed by atoms with E-state index in [0.29, 0.717) is 37.2 Å². The number of carbonyl (C=O) groups is 1. The molecule has 0 radical (unpaired) electrons. The molecule has 2 aliphatic rings. The summed E-state index contributed by atoms with van der Waals surface area (Å²) in [6, 6.07) is 24.7. The fourth-order valence-corrected chi connectivity index (χ4v) is 5.01. The van der Waals surface area contributed by atoms with Gasteiger partial charge in [0.25, 0.3) is 5.91 Å². The smallest absolute Gasteiger partial charge is 0.253 e. The lowest BCUT2D eigenvalue weighted by molar-refractivity contribution is 0.0937. The summed E-state index contributed by atoms with van der Waals surface area (Å²) < 4.78 is 11.1. The predicted octanol–water partition coefficient (Wildman–Crippen LogP) is 5.47. The molecule has 1 amide bonds. The monoisotopic (exact) mass is 454 g/mol. The highest BCUT2D eigenvalue weighted by atomic mass is 16.5. The van der Waals surface area contributed by atoms with Gasteiger partial charge in [-0.15, -0.1) is 0 Å². The van der Waals surface area contributed by atoms with E-state index in [1.165, 1.54) is 11.1 Å². The highest BCUT2D eigenvalue weighted by Crippen LogP contribution is 2.50. The fraction of sp³-hybridized carbons (Fsp3) is 0.276. The largest absolute Gasteiger partial charge is 0.489 e. The molecule has 5 nitrogen and oxygen atoms in total. The van der Waals surface area contributed by atoms with E-state index in [1.54, 1.807) is 7.11 Å². The predicted molar refractivity (Wildman–Crippen MR) is 134 cm³/mol. The van der Waals surface area contributed by atoms with Crippen molar-refractivity contribution in [2.24, 2.45) is 5.92 Å². The van der Waals surface area contributed by atoms with Gasteiger partial charge in [-0.1, -0.05) is 66.7 Å². The molecule has 0 bridgehead atoms. The lowest BCUT2D eigenvalue weighted by atomic mass is 9.76. The molecule has 0 saturated carbocycles. The first-order valence-corrected chi connectivity index (χ1v) is 11.8. The third-order valence-electron chi connectivity index (χ3n) is 6.72. The molecule has 0 aromatic heterocycles. The third-order valence-corrected chi connectivity index (χ3v) is 6.72. The molecule has 3 aromatic rings. The average Bonchev–Trinajstić information content (AvgIpc) is 3.38. The summed E-state index contributed by atoms with van der Waals surface area (Å²) in [5.74, 6) is 1.48. The van der Waals surface area contributed by atoms with Crippen molar-refractivity contribution >= 4 is 11.6 Å². The standard InChI is InChI=1S/C29H30N2O3/c1-33-18-17-30-29(32)26-12-6-11-25-23-9-5-10-24(23)27(31-28(25)26)21-13-15-22(16-14-21)34-19-20-7-3-2-4-8-20/h2-9,11-16,23-24,27,31H,10,17-19H2,1H3,(H,30,32). The van der Waals surface area contributed by atoms with Crippen LogP contribution >= 0.6 is 0 Å². The average molecular weight is 455 g/mol. The second-order valence-electron chi connectivity index (χ2n) is 8.84. The van der Waals surface area contributed by atoms with Gasteiger partial charge in [-0.05, 0) is 47.2 Å². The topological polar surface area (TPSA) is 59.6 Å². The zero-order valence-electron chi connectivity index (χ0n) is 19.4. The minimum atomic E-state index is -0.0785. The number of allylic oxidation sites excluding steroid dienone is 2. The molecule has 3 atom stereocenters. The minimum absolute atomic E-state index is 0.0785. The number of rotatable bonds is 8. The Bertz CT molecular complexity index is 1160. The molecule has 1 heterocycles.